The van der Waals surface area contributed by atoms with Crippen molar-refractivity contribution < 1.29 is 4.52 Å². The molecule has 2 rings (SSSR count). The third-order valence-corrected chi connectivity index (χ3v) is 2.02. The smallest absolute Gasteiger partial charge is 0.124 e. The second-order valence-electron chi connectivity index (χ2n) is 3.09. The first-order valence-corrected chi connectivity index (χ1v) is 4.41. The Hall–Kier alpha value is -1.62. The molecule has 2 aromatic heterocycles. The second kappa shape index (κ2) is 4.06. The summed E-state index contributed by atoms with van der Waals surface area (Å²) in [5.74, 6) is 0. The molecule has 0 bridgehead atoms. The molecule has 5 nitrogen and oxygen atoms in total. The number of nitrogens with one attached hydrogen (secondary N) is 1. The van der Waals surface area contributed by atoms with Crippen LogP contribution in [-0.4, -0.2) is 14.7 Å². The number of imidazole rings is 1. The van der Waals surface area contributed by atoms with Crippen LogP contribution >= 0.6 is 0 Å². The van der Waals surface area contributed by atoms with Crippen molar-refractivity contribution in [1.29, 1.82) is 0 Å². The molecule has 74 valence electrons. The Kier molecular flexibility index (Phi) is 2.60. The van der Waals surface area contributed by atoms with Crippen LogP contribution < -0.4 is 5.32 Å². The van der Waals surface area contributed by atoms with Crippen LogP contribution in [0, 0.1) is 0 Å². The van der Waals surface area contributed by atoms with Gasteiger partial charge in [0.2, 0.25) is 0 Å². The van der Waals surface area contributed by atoms with Gasteiger partial charge < -0.3 is 14.4 Å². The topological polar surface area (TPSA) is 55.9 Å². The number of nitrogens with zero attached hydrogens (tertiary/aromatic N) is 3. The van der Waals surface area contributed by atoms with Crippen molar-refractivity contribution in [2.24, 2.45) is 7.05 Å². The highest BCUT2D eigenvalue weighted by Crippen LogP contribution is 1.97. The van der Waals surface area contributed by atoms with E-state index in [2.05, 4.69) is 15.5 Å². The van der Waals surface area contributed by atoms with Gasteiger partial charge in [-0.1, -0.05) is 5.16 Å². The Morgan fingerprint density at radius 1 is 1.50 bits per heavy atom. The van der Waals surface area contributed by atoms with Crippen molar-refractivity contribution in [2.45, 2.75) is 13.1 Å². The number of hydrogen-bond acceptors (Lipinski definition) is 4. The van der Waals surface area contributed by atoms with Crippen molar-refractivity contribution in [3.05, 3.63) is 36.2 Å². The van der Waals surface area contributed by atoms with Crippen LogP contribution in [0.25, 0.3) is 0 Å². The molecule has 0 aromatic carbocycles. The lowest BCUT2D eigenvalue weighted by atomic mass is 10.4. The van der Waals surface area contributed by atoms with Gasteiger partial charge in [0.1, 0.15) is 6.26 Å². The minimum Gasteiger partial charge on any atom is -0.364 e. The van der Waals surface area contributed by atoms with Gasteiger partial charge in [-0.3, -0.25) is 0 Å². The fourth-order valence-corrected chi connectivity index (χ4v) is 1.20. The van der Waals surface area contributed by atoms with Crippen molar-refractivity contribution in [3.8, 4) is 0 Å². The third kappa shape index (κ3) is 2.00. The molecule has 14 heavy (non-hydrogen) atoms. The molecular weight excluding hydrogens is 180 g/mol. The Bertz CT molecular complexity index is 379. The average molecular weight is 192 g/mol. The normalized spacial score (nSPS) is 10.6. The van der Waals surface area contributed by atoms with Crippen molar-refractivity contribution in [3.63, 3.8) is 0 Å². The van der Waals surface area contributed by atoms with Crippen LogP contribution in [0.15, 0.2) is 29.4 Å². The fourth-order valence-electron chi connectivity index (χ4n) is 1.20. The highest BCUT2D eigenvalue weighted by atomic mass is 16.5. The van der Waals surface area contributed by atoms with Gasteiger partial charge in [0.25, 0.3) is 0 Å². The van der Waals surface area contributed by atoms with E-state index in [1.807, 2.05) is 23.9 Å². The van der Waals surface area contributed by atoms with Crippen molar-refractivity contribution in [1.82, 2.24) is 20.0 Å². The van der Waals surface area contributed by atoms with Gasteiger partial charge in [-0.05, 0) is 0 Å². The predicted molar refractivity (Wildman–Crippen MR) is 50.3 cm³/mol. The Balaban J connectivity index is 1.81. The molecular formula is C9H12N4O. The first-order chi connectivity index (χ1) is 6.86. The summed E-state index contributed by atoms with van der Waals surface area (Å²) in [6, 6.07) is 1.84. The quantitative estimate of drug-likeness (QED) is 0.774. The highest BCUT2D eigenvalue weighted by molar-refractivity contribution is 4.98. The minimum absolute atomic E-state index is 0.710. The molecule has 0 fully saturated rings. The van der Waals surface area contributed by atoms with Gasteiger partial charge in [0.05, 0.1) is 17.7 Å². The van der Waals surface area contributed by atoms with E-state index < -0.39 is 0 Å². The fraction of sp³-hybridized carbons (Fsp3) is 0.333. The van der Waals surface area contributed by atoms with Gasteiger partial charge in [0.15, 0.2) is 0 Å². The molecule has 2 aromatic rings. The maximum atomic E-state index is 4.72. The summed E-state index contributed by atoms with van der Waals surface area (Å²) >= 11 is 0. The van der Waals surface area contributed by atoms with Crippen molar-refractivity contribution >= 4 is 0 Å². The van der Waals surface area contributed by atoms with E-state index in [1.165, 1.54) is 0 Å². The summed E-state index contributed by atoms with van der Waals surface area (Å²) < 4.78 is 6.70. The molecule has 1 N–H and O–H groups in total. The summed E-state index contributed by atoms with van der Waals surface area (Å²) in [5.41, 5.74) is 2.06. The van der Waals surface area contributed by atoms with Crippen LogP contribution in [0.1, 0.15) is 11.4 Å². The minimum atomic E-state index is 0.710. The molecule has 0 aliphatic carbocycles. The lowest BCUT2D eigenvalue weighted by Gasteiger charge is -2.02. The molecule has 0 saturated heterocycles. The monoisotopic (exact) mass is 192 g/mol. The number of aryl methyl sites for hydroxylation is 1. The lowest BCUT2D eigenvalue weighted by Crippen LogP contribution is -2.14. The van der Waals surface area contributed by atoms with Crippen LogP contribution in [0.4, 0.5) is 0 Å². The van der Waals surface area contributed by atoms with Crippen LogP contribution in [0.5, 0.6) is 0 Å². The Morgan fingerprint density at radius 3 is 3.07 bits per heavy atom. The second-order valence-corrected chi connectivity index (χ2v) is 3.09. The van der Waals surface area contributed by atoms with Crippen LogP contribution in [-0.2, 0) is 20.1 Å². The predicted octanol–water partition coefficient (Wildman–Crippen LogP) is 0.698. The number of aromatic nitrogens is 3. The van der Waals surface area contributed by atoms with Crippen molar-refractivity contribution in [2.75, 3.05) is 0 Å². The van der Waals surface area contributed by atoms with Crippen LogP contribution in [0.2, 0.25) is 0 Å². The largest absolute Gasteiger partial charge is 0.364 e. The average Bonchev–Trinajstić information content (AvgIpc) is 2.78. The van der Waals surface area contributed by atoms with Gasteiger partial charge in [-0.25, -0.2) is 4.98 Å². The zero-order valence-electron chi connectivity index (χ0n) is 7.97. The van der Waals surface area contributed by atoms with E-state index in [4.69, 9.17) is 4.52 Å². The summed E-state index contributed by atoms with van der Waals surface area (Å²) in [6.45, 7) is 1.49. The molecule has 0 amide bonds. The lowest BCUT2D eigenvalue weighted by molar-refractivity contribution is 0.408. The molecule has 0 radical (unpaired) electrons. The standard InChI is InChI=1S/C9H12N4O/c1-13-7-11-6-9(13)5-10-4-8-2-3-14-12-8/h2-3,6-7,10H,4-5H2,1H3. The zero-order chi connectivity index (χ0) is 9.80. The first-order valence-electron chi connectivity index (χ1n) is 4.41. The molecule has 5 heteroatoms. The van der Waals surface area contributed by atoms with Gasteiger partial charge in [-0.15, -0.1) is 0 Å². The molecule has 0 unspecified atom stereocenters. The highest BCUT2D eigenvalue weighted by Gasteiger charge is 1.99. The van der Waals surface area contributed by atoms with E-state index >= 15 is 0 Å². The maximum absolute atomic E-state index is 4.72. The molecule has 0 atom stereocenters. The summed E-state index contributed by atoms with van der Waals surface area (Å²) in [7, 11) is 1.97. The zero-order valence-corrected chi connectivity index (χ0v) is 7.97. The van der Waals surface area contributed by atoms with Gasteiger partial charge >= 0.3 is 0 Å². The first kappa shape index (κ1) is 8.96. The van der Waals surface area contributed by atoms with Crippen LogP contribution in [0.3, 0.4) is 0 Å². The van der Waals surface area contributed by atoms with E-state index in [0.717, 1.165) is 17.9 Å². The Labute approximate surface area is 81.7 Å². The summed E-state index contributed by atoms with van der Waals surface area (Å²) in [6.07, 6.45) is 5.20. The van der Waals surface area contributed by atoms with E-state index in [0.29, 0.717) is 6.54 Å². The van der Waals surface area contributed by atoms with Gasteiger partial charge in [0, 0.05) is 32.4 Å². The van der Waals surface area contributed by atoms with Gasteiger partial charge in [-0.2, -0.15) is 0 Å². The van der Waals surface area contributed by atoms with E-state index in [1.54, 1.807) is 12.6 Å². The Morgan fingerprint density at radius 2 is 2.43 bits per heavy atom. The molecule has 0 saturated carbocycles. The number of rotatable bonds is 4. The van der Waals surface area contributed by atoms with E-state index in [9.17, 15) is 0 Å². The molecule has 0 aliphatic rings. The van der Waals surface area contributed by atoms with E-state index in [-0.39, 0.29) is 0 Å². The molecule has 2 heterocycles. The molecule has 0 aliphatic heterocycles. The summed E-state index contributed by atoms with van der Waals surface area (Å²) in [4.78, 5) is 4.03. The summed E-state index contributed by atoms with van der Waals surface area (Å²) in [5, 5.41) is 7.05. The number of hydrogen-bond donors (Lipinski definition) is 1. The molecule has 0 spiro atoms. The maximum Gasteiger partial charge on any atom is 0.124 e. The third-order valence-electron chi connectivity index (χ3n) is 2.02. The SMILES string of the molecule is Cn1cncc1CNCc1ccon1.